The van der Waals surface area contributed by atoms with Crippen molar-refractivity contribution in [1.29, 1.82) is 0 Å². The minimum Gasteiger partial charge on any atom is -0.419 e. The third kappa shape index (κ3) is 3.10. The Labute approximate surface area is 157 Å². The van der Waals surface area contributed by atoms with E-state index in [-0.39, 0.29) is 11.1 Å². The van der Waals surface area contributed by atoms with E-state index in [1.54, 1.807) is 41.6 Å². The Morgan fingerprint density at radius 2 is 1.88 bits per heavy atom. The summed E-state index contributed by atoms with van der Waals surface area (Å²) in [7, 11) is 0. The zero-order valence-corrected chi connectivity index (χ0v) is 16.0. The largest absolute Gasteiger partial charge is 0.419 e. The molecule has 0 aliphatic rings. The topological polar surface area (TPSA) is 64.7 Å². The highest BCUT2D eigenvalue weighted by atomic mass is 32.2. The van der Waals surface area contributed by atoms with Gasteiger partial charge in [-0.2, -0.15) is 0 Å². The minimum absolute atomic E-state index is 0.0746. The normalized spacial score (nSPS) is 12.6. The Balaban J connectivity index is 1.61. The summed E-state index contributed by atoms with van der Waals surface area (Å²) < 4.78 is 18.8. The first kappa shape index (κ1) is 17.1. The Morgan fingerprint density at radius 3 is 2.65 bits per heavy atom. The van der Waals surface area contributed by atoms with Crippen LogP contribution in [0.5, 0.6) is 0 Å². The smallest absolute Gasteiger partial charge is 0.247 e. The quantitative estimate of drug-likeness (QED) is 0.348. The third-order valence-corrected chi connectivity index (χ3v) is 6.30. The molecular formula is C18H15FN4OS2. The number of thioether (sulfide) groups is 1. The molecule has 0 N–H and O–H groups in total. The molecule has 132 valence electrons. The van der Waals surface area contributed by atoms with Gasteiger partial charge in [0, 0.05) is 15.8 Å². The lowest BCUT2D eigenvalue weighted by atomic mass is 10.2. The standard InChI is InChI=1S/C18H15FN4OS2/c1-9-10(2)25-17-14(9)18(21-8-20-17)26-11(3)15-22-23-16(24-15)12-4-6-13(19)7-5-12/h4-8,11H,1-3H3/t11-/m0/s1. The predicted molar refractivity (Wildman–Crippen MR) is 101 cm³/mol. The van der Waals surface area contributed by atoms with Crippen molar-refractivity contribution in [2.45, 2.75) is 31.0 Å². The number of halogens is 1. The molecule has 0 radical (unpaired) electrons. The Hall–Kier alpha value is -2.32. The van der Waals surface area contributed by atoms with Crippen LogP contribution in [0.25, 0.3) is 21.7 Å². The fraction of sp³-hybridized carbons (Fsp3) is 0.222. The molecule has 4 aromatic rings. The van der Waals surface area contributed by atoms with Crippen molar-refractivity contribution in [3.63, 3.8) is 0 Å². The molecule has 0 spiro atoms. The van der Waals surface area contributed by atoms with E-state index in [1.165, 1.54) is 22.6 Å². The monoisotopic (exact) mass is 386 g/mol. The maximum atomic E-state index is 13.1. The van der Waals surface area contributed by atoms with E-state index >= 15 is 0 Å². The summed E-state index contributed by atoms with van der Waals surface area (Å²) in [4.78, 5) is 11.0. The highest BCUT2D eigenvalue weighted by Gasteiger charge is 2.20. The average molecular weight is 386 g/mol. The second-order valence-corrected chi connectivity index (χ2v) is 8.39. The van der Waals surface area contributed by atoms with Gasteiger partial charge in [0.15, 0.2) is 0 Å². The van der Waals surface area contributed by atoms with Crippen molar-refractivity contribution >= 4 is 33.3 Å². The van der Waals surface area contributed by atoms with Crippen LogP contribution in [-0.2, 0) is 0 Å². The van der Waals surface area contributed by atoms with Crippen molar-refractivity contribution in [3.05, 3.63) is 52.7 Å². The Kier molecular flexibility index (Phi) is 4.46. The van der Waals surface area contributed by atoms with Gasteiger partial charge in [-0.25, -0.2) is 14.4 Å². The molecule has 5 nitrogen and oxygen atoms in total. The van der Waals surface area contributed by atoms with Crippen LogP contribution in [0.1, 0.15) is 28.5 Å². The summed E-state index contributed by atoms with van der Waals surface area (Å²) in [6.07, 6.45) is 1.59. The van der Waals surface area contributed by atoms with E-state index in [0.717, 1.165) is 15.2 Å². The van der Waals surface area contributed by atoms with Crippen molar-refractivity contribution < 1.29 is 8.81 Å². The van der Waals surface area contributed by atoms with Gasteiger partial charge in [0.25, 0.3) is 0 Å². The summed E-state index contributed by atoms with van der Waals surface area (Å²) in [6.45, 7) is 6.17. The van der Waals surface area contributed by atoms with Gasteiger partial charge in [0.2, 0.25) is 11.8 Å². The summed E-state index contributed by atoms with van der Waals surface area (Å²) in [5, 5.41) is 10.1. The molecule has 8 heteroatoms. The van der Waals surface area contributed by atoms with Gasteiger partial charge in [0.05, 0.1) is 5.25 Å². The van der Waals surface area contributed by atoms with E-state index < -0.39 is 0 Å². The summed E-state index contributed by atoms with van der Waals surface area (Å²) in [5.74, 6) is 0.583. The number of aryl methyl sites for hydroxylation is 2. The fourth-order valence-electron chi connectivity index (χ4n) is 2.57. The van der Waals surface area contributed by atoms with E-state index in [2.05, 4.69) is 34.0 Å². The minimum atomic E-state index is -0.299. The predicted octanol–water partition coefficient (Wildman–Crippen LogP) is 5.35. The zero-order chi connectivity index (χ0) is 18.3. The number of rotatable bonds is 4. The second-order valence-electron chi connectivity index (χ2n) is 5.85. The summed E-state index contributed by atoms with van der Waals surface area (Å²) >= 11 is 3.24. The van der Waals surface area contributed by atoms with Crippen molar-refractivity contribution in [2.75, 3.05) is 0 Å². The summed E-state index contributed by atoms with van der Waals surface area (Å²) in [6, 6.07) is 5.99. The van der Waals surface area contributed by atoms with Crippen LogP contribution in [0, 0.1) is 19.7 Å². The summed E-state index contributed by atoms with van der Waals surface area (Å²) in [5.41, 5.74) is 1.90. The van der Waals surface area contributed by atoms with Gasteiger partial charge in [-0.1, -0.05) is 11.8 Å². The van der Waals surface area contributed by atoms with E-state index in [1.807, 2.05) is 6.92 Å². The maximum absolute atomic E-state index is 13.1. The molecule has 4 rings (SSSR count). The van der Waals surface area contributed by atoms with Gasteiger partial charge in [-0.15, -0.1) is 21.5 Å². The zero-order valence-electron chi connectivity index (χ0n) is 14.4. The van der Waals surface area contributed by atoms with Crippen LogP contribution in [0.4, 0.5) is 4.39 Å². The SMILES string of the molecule is Cc1sc2ncnc(S[C@@H](C)c3nnc(-c4ccc(F)cc4)o3)c2c1C. The first-order valence-electron chi connectivity index (χ1n) is 7.99. The van der Waals surface area contributed by atoms with Gasteiger partial charge in [-0.3, -0.25) is 0 Å². The van der Waals surface area contributed by atoms with Crippen LogP contribution in [0.3, 0.4) is 0 Å². The molecule has 0 aliphatic heterocycles. The second kappa shape index (κ2) is 6.77. The molecule has 1 atom stereocenters. The van der Waals surface area contributed by atoms with Gasteiger partial charge < -0.3 is 4.42 Å². The molecular weight excluding hydrogens is 371 g/mol. The lowest BCUT2D eigenvalue weighted by Gasteiger charge is -2.07. The molecule has 0 unspecified atom stereocenters. The lowest BCUT2D eigenvalue weighted by molar-refractivity contribution is 0.509. The molecule has 3 heterocycles. The average Bonchev–Trinajstić information content (AvgIpc) is 3.22. The number of hydrogen-bond acceptors (Lipinski definition) is 7. The van der Waals surface area contributed by atoms with Crippen LogP contribution in [-0.4, -0.2) is 20.2 Å². The van der Waals surface area contributed by atoms with Crippen molar-refractivity contribution in [2.24, 2.45) is 0 Å². The molecule has 0 saturated heterocycles. The molecule has 0 aliphatic carbocycles. The van der Waals surface area contributed by atoms with E-state index in [4.69, 9.17) is 4.42 Å². The van der Waals surface area contributed by atoms with Crippen molar-refractivity contribution in [1.82, 2.24) is 20.2 Å². The van der Waals surface area contributed by atoms with Gasteiger partial charge in [0.1, 0.15) is 22.0 Å². The molecule has 26 heavy (non-hydrogen) atoms. The first-order chi connectivity index (χ1) is 12.5. The molecule has 0 amide bonds. The van der Waals surface area contributed by atoms with Crippen LogP contribution in [0.2, 0.25) is 0 Å². The molecule has 3 aromatic heterocycles. The number of nitrogens with zero attached hydrogens (tertiary/aromatic N) is 4. The van der Waals surface area contributed by atoms with E-state index in [0.29, 0.717) is 17.3 Å². The Morgan fingerprint density at radius 1 is 1.12 bits per heavy atom. The number of fused-ring (bicyclic) bond motifs is 1. The molecule has 0 bridgehead atoms. The van der Waals surface area contributed by atoms with Crippen LogP contribution in [0.15, 0.2) is 40.0 Å². The number of hydrogen-bond donors (Lipinski definition) is 0. The lowest BCUT2D eigenvalue weighted by Crippen LogP contribution is -1.92. The number of aromatic nitrogens is 4. The van der Waals surface area contributed by atoms with E-state index in [9.17, 15) is 4.39 Å². The highest BCUT2D eigenvalue weighted by molar-refractivity contribution is 7.99. The third-order valence-electron chi connectivity index (χ3n) is 4.10. The maximum Gasteiger partial charge on any atom is 0.247 e. The van der Waals surface area contributed by atoms with Crippen molar-refractivity contribution in [3.8, 4) is 11.5 Å². The first-order valence-corrected chi connectivity index (χ1v) is 9.69. The molecule has 0 fully saturated rings. The fourth-order valence-corrected chi connectivity index (χ4v) is 4.63. The van der Waals surface area contributed by atoms with Crippen LogP contribution < -0.4 is 0 Å². The van der Waals surface area contributed by atoms with Gasteiger partial charge >= 0.3 is 0 Å². The highest BCUT2D eigenvalue weighted by Crippen LogP contribution is 2.40. The number of thiophene rings is 1. The molecule has 0 saturated carbocycles. The Bertz CT molecular complexity index is 1070. The molecule has 1 aromatic carbocycles. The number of benzene rings is 1. The van der Waals surface area contributed by atoms with Crippen LogP contribution >= 0.6 is 23.1 Å². The van der Waals surface area contributed by atoms with Gasteiger partial charge in [-0.05, 0) is 50.6 Å².